The lowest BCUT2D eigenvalue weighted by Crippen LogP contribution is -2.30. The Labute approximate surface area is 166 Å². The number of carboxylic acids is 1. The number of ether oxygens (including phenoxy) is 1. The Hall–Kier alpha value is -3.06. The number of carboxylic acid groups (broad SMARTS) is 1. The van der Waals surface area contributed by atoms with Crippen molar-refractivity contribution in [2.24, 2.45) is 5.92 Å². The van der Waals surface area contributed by atoms with Crippen LogP contribution in [0.15, 0.2) is 48.5 Å². The summed E-state index contributed by atoms with van der Waals surface area (Å²) in [5, 5.41) is 11.9. The van der Waals surface area contributed by atoms with E-state index < -0.39 is 18.0 Å². The summed E-state index contributed by atoms with van der Waals surface area (Å²) < 4.78 is 5.16. The monoisotopic (exact) mass is 402 g/mol. The molecule has 0 radical (unpaired) electrons. The van der Waals surface area contributed by atoms with Gasteiger partial charge in [-0.05, 0) is 30.2 Å². The summed E-state index contributed by atoms with van der Waals surface area (Å²) in [6.45, 7) is 0.635. The van der Waals surface area contributed by atoms with E-state index in [1.165, 1.54) is 23.1 Å². The number of likely N-dealkylation sites (tertiary alicyclic amines) is 1. The van der Waals surface area contributed by atoms with Crippen LogP contribution in [-0.4, -0.2) is 41.1 Å². The van der Waals surface area contributed by atoms with Gasteiger partial charge in [0.1, 0.15) is 6.61 Å². The third-order valence-corrected chi connectivity index (χ3v) is 4.65. The van der Waals surface area contributed by atoms with E-state index in [2.05, 4.69) is 5.32 Å². The summed E-state index contributed by atoms with van der Waals surface area (Å²) >= 11 is 6.08. The Kier molecular flexibility index (Phi) is 6.16. The van der Waals surface area contributed by atoms with E-state index in [1.807, 2.05) is 30.3 Å². The van der Waals surface area contributed by atoms with Crippen molar-refractivity contribution in [1.82, 2.24) is 4.90 Å². The zero-order valence-electron chi connectivity index (χ0n) is 14.9. The summed E-state index contributed by atoms with van der Waals surface area (Å²) in [4.78, 5) is 37.2. The Morgan fingerprint density at radius 3 is 2.61 bits per heavy atom. The first-order valence-corrected chi connectivity index (χ1v) is 9.10. The van der Waals surface area contributed by atoms with Gasteiger partial charge in [0, 0.05) is 29.4 Å². The molecule has 1 atom stereocenters. The maximum atomic E-state index is 12.6. The number of rotatable bonds is 5. The van der Waals surface area contributed by atoms with Crippen LogP contribution in [-0.2, 0) is 16.1 Å². The molecule has 7 nitrogen and oxygen atoms in total. The third kappa shape index (κ3) is 5.01. The highest BCUT2D eigenvalue weighted by Crippen LogP contribution is 2.24. The first-order chi connectivity index (χ1) is 13.4. The van der Waals surface area contributed by atoms with Gasteiger partial charge in [-0.2, -0.15) is 0 Å². The zero-order chi connectivity index (χ0) is 20.1. The first-order valence-electron chi connectivity index (χ1n) is 8.73. The third-order valence-electron chi connectivity index (χ3n) is 4.43. The molecule has 3 rings (SSSR count). The summed E-state index contributed by atoms with van der Waals surface area (Å²) in [6, 6.07) is 13.7. The highest BCUT2D eigenvalue weighted by molar-refractivity contribution is 6.31. The standard InChI is InChI=1S/C20H19ClN2O5/c21-16-8-15(18(24)23-7-6-14(11-23)19(25)26)9-17(10-16)22-20(27)28-12-13-4-2-1-3-5-13/h1-5,8-10,14H,6-7,11-12H2,(H,22,27)(H,25,26)/t14-/m0/s1. The van der Waals surface area contributed by atoms with Crippen molar-refractivity contribution in [1.29, 1.82) is 0 Å². The van der Waals surface area contributed by atoms with Crippen molar-refractivity contribution in [2.75, 3.05) is 18.4 Å². The number of carbonyl (C=O) groups is 3. The lowest BCUT2D eigenvalue weighted by molar-refractivity contribution is -0.141. The number of amides is 2. The number of nitrogens with one attached hydrogen (secondary N) is 1. The summed E-state index contributed by atoms with van der Waals surface area (Å²) in [7, 11) is 0. The van der Waals surface area contributed by atoms with Gasteiger partial charge in [0.2, 0.25) is 0 Å². The van der Waals surface area contributed by atoms with Crippen molar-refractivity contribution in [3.05, 3.63) is 64.7 Å². The molecule has 2 aromatic carbocycles. The van der Waals surface area contributed by atoms with E-state index in [0.717, 1.165) is 5.56 Å². The van der Waals surface area contributed by atoms with Gasteiger partial charge in [0.25, 0.3) is 5.91 Å². The van der Waals surface area contributed by atoms with Crippen LogP contribution in [0.3, 0.4) is 0 Å². The molecule has 1 aliphatic rings. The highest BCUT2D eigenvalue weighted by Gasteiger charge is 2.31. The lowest BCUT2D eigenvalue weighted by atomic mass is 10.1. The van der Waals surface area contributed by atoms with E-state index in [-0.39, 0.29) is 29.6 Å². The van der Waals surface area contributed by atoms with Gasteiger partial charge in [0.05, 0.1) is 5.92 Å². The number of carbonyl (C=O) groups excluding carboxylic acids is 2. The molecule has 28 heavy (non-hydrogen) atoms. The molecular formula is C20H19ClN2O5. The minimum absolute atomic E-state index is 0.114. The second kappa shape index (κ2) is 8.75. The SMILES string of the molecule is O=C(Nc1cc(Cl)cc(C(=O)N2CC[C@H](C(=O)O)C2)c1)OCc1ccccc1. The average Bonchev–Trinajstić information content (AvgIpc) is 3.16. The molecule has 0 bridgehead atoms. The van der Waals surface area contributed by atoms with Crippen LogP contribution in [0.1, 0.15) is 22.3 Å². The number of benzene rings is 2. The van der Waals surface area contributed by atoms with Crippen LogP contribution in [0.5, 0.6) is 0 Å². The van der Waals surface area contributed by atoms with E-state index >= 15 is 0 Å². The Balaban J connectivity index is 1.63. The van der Waals surface area contributed by atoms with Crippen molar-refractivity contribution >= 4 is 35.3 Å². The molecule has 146 valence electrons. The largest absolute Gasteiger partial charge is 0.481 e. The maximum Gasteiger partial charge on any atom is 0.411 e. The molecule has 0 aromatic heterocycles. The quantitative estimate of drug-likeness (QED) is 0.796. The van der Waals surface area contributed by atoms with E-state index in [4.69, 9.17) is 21.4 Å². The van der Waals surface area contributed by atoms with Crippen molar-refractivity contribution in [2.45, 2.75) is 13.0 Å². The van der Waals surface area contributed by atoms with Crippen LogP contribution < -0.4 is 5.32 Å². The van der Waals surface area contributed by atoms with Crippen molar-refractivity contribution < 1.29 is 24.2 Å². The molecule has 2 amide bonds. The molecule has 8 heteroatoms. The molecule has 1 saturated heterocycles. The fourth-order valence-corrected chi connectivity index (χ4v) is 3.23. The Morgan fingerprint density at radius 2 is 1.93 bits per heavy atom. The average molecular weight is 403 g/mol. The number of anilines is 1. The van der Waals surface area contributed by atoms with Crippen LogP contribution in [0.4, 0.5) is 10.5 Å². The molecule has 1 heterocycles. The topological polar surface area (TPSA) is 95.9 Å². The fraction of sp³-hybridized carbons (Fsp3) is 0.250. The normalized spacial score (nSPS) is 15.9. The second-order valence-electron chi connectivity index (χ2n) is 6.49. The first kappa shape index (κ1) is 19.7. The van der Waals surface area contributed by atoms with E-state index in [0.29, 0.717) is 18.7 Å². The van der Waals surface area contributed by atoms with Gasteiger partial charge < -0.3 is 14.7 Å². The zero-order valence-corrected chi connectivity index (χ0v) is 15.7. The molecule has 2 aromatic rings. The molecule has 0 saturated carbocycles. The minimum Gasteiger partial charge on any atom is -0.481 e. The predicted molar refractivity (Wildman–Crippen MR) is 103 cm³/mol. The smallest absolute Gasteiger partial charge is 0.411 e. The van der Waals surface area contributed by atoms with E-state index in [1.54, 1.807) is 0 Å². The fourth-order valence-electron chi connectivity index (χ4n) is 2.99. The van der Waals surface area contributed by atoms with Crippen LogP contribution in [0.25, 0.3) is 0 Å². The molecule has 0 unspecified atom stereocenters. The number of halogens is 1. The highest BCUT2D eigenvalue weighted by atomic mass is 35.5. The maximum absolute atomic E-state index is 12.6. The second-order valence-corrected chi connectivity index (χ2v) is 6.93. The predicted octanol–water partition coefficient (Wildman–Crippen LogP) is 3.64. The molecule has 1 aliphatic heterocycles. The van der Waals surface area contributed by atoms with Gasteiger partial charge >= 0.3 is 12.1 Å². The Morgan fingerprint density at radius 1 is 1.18 bits per heavy atom. The van der Waals surface area contributed by atoms with Crippen LogP contribution in [0.2, 0.25) is 5.02 Å². The summed E-state index contributed by atoms with van der Waals surface area (Å²) in [5.74, 6) is -1.80. The number of hydrogen-bond donors (Lipinski definition) is 2. The van der Waals surface area contributed by atoms with Crippen LogP contribution >= 0.6 is 11.6 Å². The lowest BCUT2D eigenvalue weighted by Gasteiger charge is -2.17. The number of nitrogens with zero attached hydrogens (tertiary/aromatic N) is 1. The summed E-state index contributed by atoms with van der Waals surface area (Å²) in [6.07, 6.45) is -0.255. The molecule has 2 N–H and O–H groups in total. The minimum atomic E-state index is -0.912. The van der Waals surface area contributed by atoms with Gasteiger partial charge in [-0.3, -0.25) is 14.9 Å². The molecule has 0 aliphatic carbocycles. The number of hydrogen-bond acceptors (Lipinski definition) is 4. The van der Waals surface area contributed by atoms with Gasteiger partial charge in [0.15, 0.2) is 0 Å². The van der Waals surface area contributed by atoms with Crippen molar-refractivity contribution in [3.8, 4) is 0 Å². The molecule has 1 fully saturated rings. The summed E-state index contributed by atoms with van der Waals surface area (Å²) in [5.41, 5.74) is 1.45. The van der Waals surface area contributed by atoms with Gasteiger partial charge in [-0.15, -0.1) is 0 Å². The van der Waals surface area contributed by atoms with Crippen molar-refractivity contribution in [3.63, 3.8) is 0 Å². The molecular weight excluding hydrogens is 384 g/mol. The van der Waals surface area contributed by atoms with Gasteiger partial charge in [-0.25, -0.2) is 4.79 Å². The molecule has 0 spiro atoms. The Bertz CT molecular complexity index is 887. The van der Waals surface area contributed by atoms with E-state index in [9.17, 15) is 14.4 Å². The van der Waals surface area contributed by atoms with Gasteiger partial charge in [-0.1, -0.05) is 41.9 Å². The number of aliphatic carboxylic acids is 1. The van der Waals surface area contributed by atoms with Crippen LogP contribution in [0, 0.1) is 5.92 Å².